The van der Waals surface area contributed by atoms with Gasteiger partial charge in [-0.25, -0.2) is 8.42 Å². The number of hydrogen-bond acceptors (Lipinski definition) is 4. The van der Waals surface area contributed by atoms with E-state index in [2.05, 4.69) is 5.32 Å². The third-order valence-corrected chi connectivity index (χ3v) is 6.21. The van der Waals surface area contributed by atoms with E-state index >= 15 is 0 Å². The summed E-state index contributed by atoms with van der Waals surface area (Å²) >= 11 is 0. The number of benzene rings is 2. The Balaban J connectivity index is 1.80. The standard InChI is InChI=1S/C17H15N3O4S/c1-19-14-7-6-12(8-11(14)9-17(19)22)25(23,24)20-10-16(21)18-13-4-2-3-5-15(13)20/h2-8H,9-10H2,1H3,(H,18,21). The van der Waals surface area contributed by atoms with Crippen molar-refractivity contribution in [2.24, 2.45) is 0 Å². The lowest BCUT2D eigenvalue weighted by atomic mass is 10.2. The van der Waals surface area contributed by atoms with Crippen molar-refractivity contribution in [3.05, 3.63) is 48.0 Å². The molecule has 2 heterocycles. The number of amides is 2. The largest absolute Gasteiger partial charge is 0.323 e. The second-order valence-corrected chi connectivity index (χ2v) is 7.86. The Hall–Kier alpha value is -2.87. The van der Waals surface area contributed by atoms with Crippen molar-refractivity contribution >= 4 is 38.9 Å². The highest BCUT2D eigenvalue weighted by atomic mass is 32.2. The molecule has 0 bridgehead atoms. The van der Waals surface area contributed by atoms with Gasteiger partial charge in [-0.05, 0) is 35.9 Å². The smallest absolute Gasteiger partial charge is 0.264 e. The summed E-state index contributed by atoms with van der Waals surface area (Å²) in [5.74, 6) is -0.467. The monoisotopic (exact) mass is 357 g/mol. The number of nitrogens with zero attached hydrogens (tertiary/aromatic N) is 2. The quantitative estimate of drug-likeness (QED) is 0.879. The maximum atomic E-state index is 13.1. The molecule has 1 N–H and O–H groups in total. The highest BCUT2D eigenvalue weighted by Gasteiger charge is 2.34. The molecule has 2 aromatic rings. The average molecular weight is 357 g/mol. The molecular weight excluding hydrogens is 342 g/mol. The number of carbonyl (C=O) groups is 2. The van der Waals surface area contributed by atoms with Gasteiger partial charge in [0.25, 0.3) is 10.0 Å². The Morgan fingerprint density at radius 3 is 2.60 bits per heavy atom. The first kappa shape index (κ1) is 15.6. The number of likely N-dealkylation sites (N-methyl/N-ethyl adjacent to an activating group) is 1. The minimum absolute atomic E-state index is 0.0684. The zero-order chi connectivity index (χ0) is 17.8. The van der Waals surface area contributed by atoms with Gasteiger partial charge in [-0.2, -0.15) is 0 Å². The molecule has 0 fully saturated rings. The van der Waals surface area contributed by atoms with E-state index in [1.165, 1.54) is 17.0 Å². The maximum absolute atomic E-state index is 13.1. The lowest BCUT2D eigenvalue weighted by Gasteiger charge is -2.30. The van der Waals surface area contributed by atoms with Crippen LogP contribution in [-0.2, 0) is 26.0 Å². The molecule has 8 heteroatoms. The molecule has 128 valence electrons. The Morgan fingerprint density at radius 1 is 1.04 bits per heavy atom. The predicted octanol–water partition coefficient (Wildman–Crippen LogP) is 1.35. The SMILES string of the molecule is CN1C(=O)Cc2cc(S(=O)(=O)N3CC(=O)Nc4ccccc43)ccc21. The number of sulfonamides is 1. The highest BCUT2D eigenvalue weighted by molar-refractivity contribution is 7.92. The summed E-state index contributed by atoms with van der Waals surface area (Å²) in [6.07, 6.45) is 0.173. The lowest BCUT2D eigenvalue weighted by molar-refractivity contribution is -0.117. The summed E-state index contributed by atoms with van der Waals surface area (Å²) in [6.45, 7) is -0.282. The number of nitrogens with one attached hydrogen (secondary N) is 1. The van der Waals surface area contributed by atoms with Gasteiger partial charge < -0.3 is 10.2 Å². The van der Waals surface area contributed by atoms with E-state index in [9.17, 15) is 18.0 Å². The molecule has 0 unspecified atom stereocenters. The van der Waals surface area contributed by atoms with Crippen LogP contribution in [0.2, 0.25) is 0 Å². The minimum Gasteiger partial charge on any atom is -0.323 e. The second kappa shape index (κ2) is 5.32. The molecule has 2 aromatic carbocycles. The van der Waals surface area contributed by atoms with Crippen LogP contribution < -0.4 is 14.5 Å². The molecule has 0 atom stereocenters. The van der Waals surface area contributed by atoms with Crippen LogP contribution in [0.3, 0.4) is 0 Å². The Morgan fingerprint density at radius 2 is 1.80 bits per heavy atom. The molecule has 2 aliphatic heterocycles. The molecule has 0 aliphatic carbocycles. The Kier molecular flexibility index (Phi) is 3.33. The van der Waals surface area contributed by atoms with Gasteiger partial charge in [0.2, 0.25) is 11.8 Å². The fourth-order valence-corrected chi connectivity index (χ4v) is 4.64. The first-order chi connectivity index (χ1) is 11.9. The van der Waals surface area contributed by atoms with E-state index in [-0.39, 0.29) is 23.8 Å². The number of carbonyl (C=O) groups excluding carboxylic acids is 2. The van der Waals surface area contributed by atoms with E-state index in [4.69, 9.17) is 0 Å². The Bertz CT molecular complexity index is 1020. The summed E-state index contributed by atoms with van der Waals surface area (Å²) in [5.41, 5.74) is 2.26. The molecule has 2 aliphatic rings. The van der Waals surface area contributed by atoms with Crippen LogP contribution in [0, 0.1) is 0 Å². The molecule has 4 rings (SSSR count). The van der Waals surface area contributed by atoms with Gasteiger partial charge in [-0.15, -0.1) is 0 Å². The normalized spacial score (nSPS) is 16.5. The van der Waals surface area contributed by atoms with E-state index in [0.717, 1.165) is 4.31 Å². The highest BCUT2D eigenvalue weighted by Crippen LogP contribution is 2.35. The minimum atomic E-state index is -3.92. The molecule has 0 aromatic heterocycles. The summed E-state index contributed by atoms with van der Waals surface area (Å²) in [5, 5.41) is 2.67. The third kappa shape index (κ3) is 2.37. The van der Waals surface area contributed by atoms with Gasteiger partial charge in [0.05, 0.1) is 22.7 Å². The summed E-state index contributed by atoms with van der Waals surface area (Å²) < 4.78 is 27.3. The number of para-hydroxylation sites is 2. The zero-order valence-corrected chi connectivity index (χ0v) is 14.2. The summed E-state index contributed by atoms with van der Waals surface area (Å²) in [4.78, 5) is 25.3. The Labute approximate surface area is 144 Å². The first-order valence-electron chi connectivity index (χ1n) is 7.69. The number of fused-ring (bicyclic) bond motifs is 2. The van der Waals surface area contributed by atoms with Gasteiger partial charge in [-0.1, -0.05) is 12.1 Å². The molecule has 0 saturated heterocycles. The van der Waals surface area contributed by atoms with Crippen LogP contribution in [0.5, 0.6) is 0 Å². The van der Waals surface area contributed by atoms with Gasteiger partial charge in [0.15, 0.2) is 0 Å². The van der Waals surface area contributed by atoms with E-state index in [1.807, 2.05) is 0 Å². The average Bonchev–Trinajstić information content (AvgIpc) is 2.88. The van der Waals surface area contributed by atoms with Crippen LogP contribution >= 0.6 is 0 Å². The molecule has 25 heavy (non-hydrogen) atoms. The van der Waals surface area contributed by atoms with Crippen LogP contribution in [0.15, 0.2) is 47.4 Å². The van der Waals surface area contributed by atoms with Gasteiger partial charge >= 0.3 is 0 Å². The number of rotatable bonds is 2. The van der Waals surface area contributed by atoms with Gasteiger partial charge in [0.1, 0.15) is 6.54 Å². The third-order valence-electron chi connectivity index (χ3n) is 4.45. The van der Waals surface area contributed by atoms with Crippen molar-refractivity contribution in [3.8, 4) is 0 Å². The van der Waals surface area contributed by atoms with E-state index in [0.29, 0.717) is 22.6 Å². The van der Waals surface area contributed by atoms with Crippen LogP contribution in [-0.4, -0.2) is 33.8 Å². The van der Waals surface area contributed by atoms with Crippen LogP contribution in [0.1, 0.15) is 5.56 Å². The summed E-state index contributed by atoms with van der Waals surface area (Å²) in [6, 6.07) is 11.4. The maximum Gasteiger partial charge on any atom is 0.264 e. The topological polar surface area (TPSA) is 86.8 Å². The molecule has 0 radical (unpaired) electrons. The van der Waals surface area contributed by atoms with Gasteiger partial charge in [-0.3, -0.25) is 13.9 Å². The second-order valence-electron chi connectivity index (χ2n) is 6.00. The fraction of sp³-hybridized carbons (Fsp3) is 0.176. The van der Waals surface area contributed by atoms with Crippen molar-refractivity contribution in [1.82, 2.24) is 0 Å². The molecule has 0 spiro atoms. The van der Waals surface area contributed by atoms with Crippen molar-refractivity contribution < 1.29 is 18.0 Å². The van der Waals surface area contributed by atoms with Crippen LogP contribution in [0.4, 0.5) is 17.1 Å². The van der Waals surface area contributed by atoms with Crippen molar-refractivity contribution in [2.45, 2.75) is 11.3 Å². The van der Waals surface area contributed by atoms with E-state index in [1.54, 1.807) is 37.4 Å². The lowest BCUT2D eigenvalue weighted by Crippen LogP contribution is -2.42. The van der Waals surface area contributed by atoms with Crippen molar-refractivity contribution in [3.63, 3.8) is 0 Å². The fourth-order valence-electron chi connectivity index (χ4n) is 3.15. The number of hydrogen-bond donors (Lipinski definition) is 1. The molecular formula is C17H15N3O4S. The van der Waals surface area contributed by atoms with E-state index < -0.39 is 15.9 Å². The summed E-state index contributed by atoms with van der Waals surface area (Å²) in [7, 11) is -2.26. The predicted molar refractivity (Wildman–Crippen MR) is 93.2 cm³/mol. The molecule has 0 saturated carbocycles. The van der Waals surface area contributed by atoms with Crippen molar-refractivity contribution in [2.75, 3.05) is 28.1 Å². The zero-order valence-electron chi connectivity index (χ0n) is 13.4. The first-order valence-corrected chi connectivity index (χ1v) is 9.13. The molecule has 2 amide bonds. The van der Waals surface area contributed by atoms with Crippen molar-refractivity contribution in [1.29, 1.82) is 0 Å². The molecule has 7 nitrogen and oxygen atoms in total. The number of anilines is 3. The van der Waals surface area contributed by atoms with Gasteiger partial charge in [0, 0.05) is 12.7 Å². The van der Waals surface area contributed by atoms with Crippen LogP contribution in [0.25, 0.3) is 0 Å².